The molecule has 2 N–H and O–H groups in total. The maximum absolute atomic E-state index is 15.9. The van der Waals surface area contributed by atoms with E-state index < -0.39 is 76.3 Å². The monoisotopic (exact) mass is 685 g/mol. The van der Waals surface area contributed by atoms with E-state index >= 15 is 13.2 Å². The average molecular weight is 686 g/mol. The Hall–Kier alpha value is -2.56. The molecule has 1 aliphatic heterocycles. The van der Waals surface area contributed by atoms with E-state index in [0.29, 0.717) is 23.1 Å². The second kappa shape index (κ2) is 12.8. The number of nitrogens with zero attached hydrogens (tertiary/aromatic N) is 2. The fourth-order valence-corrected chi connectivity index (χ4v) is 8.74. The molecule has 5 atom stereocenters. The van der Waals surface area contributed by atoms with Gasteiger partial charge in [-0.05, 0) is 70.6 Å². The number of unbranched alkanes of at least 4 members (excludes halogenated alkanes) is 1. The molecule has 1 aromatic carbocycles. The Bertz CT molecular complexity index is 1510. The molecule has 2 bridgehead atoms. The van der Waals surface area contributed by atoms with Gasteiger partial charge in [0.1, 0.15) is 11.2 Å². The van der Waals surface area contributed by atoms with Gasteiger partial charge in [0.05, 0.1) is 23.5 Å². The first kappa shape index (κ1) is 34.8. The molecule has 0 amide bonds. The van der Waals surface area contributed by atoms with E-state index in [1.165, 1.54) is 0 Å². The highest BCUT2D eigenvalue weighted by molar-refractivity contribution is 8.02. The van der Waals surface area contributed by atoms with Crippen LogP contribution in [0.15, 0.2) is 4.34 Å². The van der Waals surface area contributed by atoms with Gasteiger partial charge in [-0.1, -0.05) is 50.3 Å². The van der Waals surface area contributed by atoms with Gasteiger partial charge in [0.2, 0.25) is 5.13 Å². The summed E-state index contributed by atoms with van der Waals surface area (Å²) in [7, 11) is -0.970. The summed E-state index contributed by atoms with van der Waals surface area (Å²) in [5.74, 6) is -6.93. The van der Waals surface area contributed by atoms with E-state index in [1.807, 2.05) is 13.8 Å². The zero-order chi connectivity index (χ0) is 33.8. The smallest absolute Gasteiger partial charge is 0.462 e. The number of halogens is 3. The molecular formula is C30H39BF3N3O7S2. The van der Waals surface area contributed by atoms with E-state index in [1.54, 1.807) is 20.8 Å². The Morgan fingerprint density at radius 2 is 1.87 bits per heavy atom. The van der Waals surface area contributed by atoms with E-state index in [0.717, 1.165) is 35.9 Å². The van der Waals surface area contributed by atoms with E-state index in [-0.39, 0.29) is 29.2 Å². The van der Waals surface area contributed by atoms with Crippen LogP contribution in [0.4, 0.5) is 23.1 Å². The third-order valence-electron chi connectivity index (χ3n) is 9.23. The second-order valence-corrected chi connectivity index (χ2v) is 16.3. The van der Waals surface area contributed by atoms with Crippen molar-refractivity contribution in [3.63, 3.8) is 0 Å². The van der Waals surface area contributed by atoms with Crippen molar-refractivity contribution in [2.24, 2.45) is 17.3 Å². The molecule has 3 unspecified atom stereocenters. The molecule has 3 saturated carbocycles. The van der Waals surface area contributed by atoms with Crippen molar-refractivity contribution in [2.45, 2.75) is 107 Å². The van der Waals surface area contributed by atoms with Crippen LogP contribution in [0.2, 0.25) is 0 Å². The first-order valence-corrected chi connectivity index (χ1v) is 17.0. The number of carbonyl (C=O) groups is 2. The second-order valence-electron chi connectivity index (χ2n) is 13.8. The quantitative estimate of drug-likeness (QED) is 0.0709. The summed E-state index contributed by atoms with van der Waals surface area (Å²) in [5, 5.41) is 7.23. The number of benzene rings is 1. The van der Waals surface area contributed by atoms with Crippen molar-refractivity contribution in [2.75, 3.05) is 12.3 Å². The van der Waals surface area contributed by atoms with Crippen molar-refractivity contribution in [1.82, 2.24) is 10.2 Å². The summed E-state index contributed by atoms with van der Waals surface area (Å²) < 4.78 is 75.7. The summed E-state index contributed by atoms with van der Waals surface area (Å²) in [4.78, 5) is 26.0. The predicted molar refractivity (Wildman–Crippen MR) is 166 cm³/mol. The first-order valence-electron chi connectivity index (χ1n) is 15.3. The Labute approximate surface area is 274 Å². The Morgan fingerprint density at radius 3 is 2.48 bits per heavy atom. The number of aromatic nitrogens is 2. The molecule has 3 aliphatic carbocycles. The van der Waals surface area contributed by atoms with Crippen LogP contribution in [0, 0.1) is 34.7 Å². The van der Waals surface area contributed by atoms with Gasteiger partial charge in [-0.2, -0.15) is 0 Å². The fraction of sp³-hybridized carbons (Fsp3) is 0.667. The van der Waals surface area contributed by atoms with Gasteiger partial charge in [0.15, 0.2) is 27.5 Å². The summed E-state index contributed by atoms with van der Waals surface area (Å²) in [6.07, 6.45) is 0.784. The molecule has 252 valence electrons. The van der Waals surface area contributed by atoms with Crippen molar-refractivity contribution >= 4 is 47.5 Å². The number of anilines is 1. The topological polar surface area (TPSA) is 132 Å². The van der Waals surface area contributed by atoms with Crippen molar-refractivity contribution in [1.29, 1.82) is 0 Å². The molecule has 16 heteroatoms. The Morgan fingerprint density at radius 1 is 1.15 bits per heavy atom. The van der Waals surface area contributed by atoms with Crippen molar-refractivity contribution in [3.8, 4) is 5.75 Å². The maximum Gasteiger partial charge on any atom is 0.514 e. The lowest BCUT2D eigenvalue weighted by Crippen LogP contribution is -2.65. The molecule has 2 heterocycles. The van der Waals surface area contributed by atoms with Crippen LogP contribution < -0.4 is 10.5 Å². The summed E-state index contributed by atoms with van der Waals surface area (Å²) >= 11 is 2.16. The van der Waals surface area contributed by atoms with Gasteiger partial charge in [-0.15, -0.1) is 10.2 Å². The van der Waals surface area contributed by atoms with Gasteiger partial charge >= 0.3 is 19.2 Å². The highest BCUT2D eigenvalue weighted by Crippen LogP contribution is 2.66. The first-order chi connectivity index (χ1) is 21.5. The van der Waals surface area contributed by atoms with Crippen LogP contribution in [0.3, 0.4) is 0 Å². The lowest BCUT2D eigenvalue weighted by atomic mass is 9.43. The molecule has 0 spiro atoms. The number of hydrogen-bond acceptors (Lipinski definition) is 12. The highest BCUT2D eigenvalue weighted by atomic mass is 32.2. The van der Waals surface area contributed by atoms with E-state index in [9.17, 15) is 9.59 Å². The molecular weight excluding hydrogens is 646 g/mol. The molecule has 4 fully saturated rings. The molecule has 2 aromatic rings. The third kappa shape index (κ3) is 6.59. The number of hydrogen-bond donors (Lipinski definition) is 1. The maximum atomic E-state index is 15.9. The van der Waals surface area contributed by atoms with Crippen LogP contribution in [0.5, 0.6) is 5.75 Å². The number of thioether (sulfide) groups is 1. The minimum Gasteiger partial charge on any atom is -0.462 e. The molecule has 1 saturated heterocycles. The number of carbonyl (C=O) groups excluding carboxylic acids is 2. The lowest BCUT2D eigenvalue weighted by molar-refractivity contribution is -0.199. The molecule has 46 heavy (non-hydrogen) atoms. The van der Waals surface area contributed by atoms with Crippen LogP contribution in [-0.2, 0) is 25.2 Å². The molecule has 4 aliphatic rings. The van der Waals surface area contributed by atoms with Crippen LogP contribution >= 0.6 is 23.1 Å². The van der Waals surface area contributed by atoms with Gasteiger partial charge in [0, 0.05) is 5.56 Å². The molecule has 10 nitrogen and oxygen atoms in total. The number of rotatable bonds is 10. The van der Waals surface area contributed by atoms with E-state index in [4.69, 9.17) is 29.3 Å². The fourth-order valence-electron chi connectivity index (χ4n) is 6.75. The Balaban J connectivity index is 1.57. The number of esters is 1. The number of nitrogens with two attached hydrogens (primary N) is 1. The van der Waals surface area contributed by atoms with Gasteiger partial charge < -0.3 is 29.3 Å². The SMILES string of the molecule is CCCCOC(=O)c1c(F)c(F)c(F)c(C[C@H](Sc2nnc(N)s2)B2OC3CC4CC(C4(C)C)[C@]3(C)O2)c1OC(=O)OC(C)(C)C. The van der Waals surface area contributed by atoms with Gasteiger partial charge in [0.25, 0.3) is 0 Å². The van der Waals surface area contributed by atoms with Crippen molar-refractivity contribution < 1.29 is 46.3 Å². The summed E-state index contributed by atoms with van der Waals surface area (Å²) in [6.45, 7) is 12.8. The van der Waals surface area contributed by atoms with Gasteiger partial charge in [-0.25, -0.2) is 22.8 Å². The molecule has 0 radical (unpaired) electrons. The molecule has 1 aromatic heterocycles. The normalized spacial score (nSPS) is 25.4. The van der Waals surface area contributed by atoms with Crippen LogP contribution in [0.1, 0.15) is 90.1 Å². The summed E-state index contributed by atoms with van der Waals surface area (Å²) in [6, 6.07) is 0. The van der Waals surface area contributed by atoms with Crippen molar-refractivity contribution in [3.05, 3.63) is 28.6 Å². The zero-order valence-corrected chi connectivity index (χ0v) is 28.5. The average Bonchev–Trinajstić information content (AvgIpc) is 3.54. The predicted octanol–water partition coefficient (Wildman–Crippen LogP) is 6.78. The number of ether oxygens (including phenoxy) is 3. The van der Waals surface area contributed by atoms with Gasteiger partial charge in [-0.3, -0.25) is 0 Å². The lowest BCUT2D eigenvalue weighted by Gasteiger charge is -2.64. The third-order valence-corrected chi connectivity index (χ3v) is 11.3. The summed E-state index contributed by atoms with van der Waals surface area (Å²) in [5.41, 5.74) is 2.48. The largest absolute Gasteiger partial charge is 0.514 e. The number of nitrogen functional groups attached to an aromatic ring is 1. The van der Waals surface area contributed by atoms with Crippen LogP contribution in [0.25, 0.3) is 0 Å². The Kier molecular flexibility index (Phi) is 9.68. The van der Waals surface area contributed by atoms with E-state index in [2.05, 4.69) is 24.0 Å². The standard InChI is InChI=1S/C30H39BF3N3O7S2/c1-8-9-10-40-24(38)19-21(33)22(34)20(32)15(23(19)41-27(39)42-28(2,3)4)13-18(45-26-37-36-25(35)46-26)31-43-17-12-14-11-16(29(14,5)6)30(17,7)44-31/h14,16-18H,8-13H2,1-7H3,(H2,35,36)/t14?,16?,17?,18-,30-/m0/s1. The minimum atomic E-state index is -1.92. The highest BCUT2D eigenvalue weighted by Gasteiger charge is 2.68. The molecule has 6 rings (SSSR count). The van der Waals surface area contributed by atoms with Crippen LogP contribution in [-0.4, -0.2) is 58.5 Å². The zero-order valence-electron chi connectivity index (χ0n) is 26.9. The minimum absolute atomic E-state index is 0.0352.